The number of halogens is 4. The fraction of sp³-hybridized carbons (Fsp3) is 0.667. The summed E-state index contributed by atoms with van der Waals surface area (Å²) in [6.07, 6.45) is 0.997. The Labute approximate surface area is 114 Å². The van der Waals surface area contributed by atoms with Crippen molar-refractivity contribution in [1.29, 1.82) is 0 Å². The van der Waals surface area contributed by atoms with Crippen LogP contribution in [-0.2, 0) is 14.4 Å². The molecule has 0 aromatic heterocycles. The van der Waals surface area contributed by atoms with E-state index in [2.05, 4.69) is 9.89 Å². The van der Waals surface area contributed by atoms with Gasteiger partial charge in [-0.15, -0.1) is 0 Å². The van der Waals surface area contributed by atoms with Gasteiger partial charge in [0.15, 0.2) is 6.21 Å². The number of ether oxygens (including phenoxy) is 1. The zero-order chi connectivity index (χ0) is 16.3. The largest absolute Gasteiger partial charge is 0.673 e. The topological polar surface area (TPSA) is 54.1 Å². The Morgan fingerprint density at radius 3 is 2.05 bits per heavy atom. The summed E-state index contributed by atoms with van der Waals surface area (Å²) in [5, 5.41) is 3.51. The number of amidine groups is 1. The molecule has 0 aromatic rings. The molecule has 0 saturated heterocycles. The molecule has 0 heterocycles. The van der Waals surface area contributed by atoms with E-state index in [0.717, 1.165) is 6.21 Å². The lowest BCUT2D eigenvalue weighted by Crippen LogP contribution is -2.30. The molecule has 0 bridgehead atoms. The van der Waals surface area contributed by atoms with Crippen LogP contribution in [0.3, 0.4) is 0 Å². The summed E-state index contributed by atoms with van der Waals surface area (Å²) in [6.45, 7) is 2.05. The molecule has 6 nitrogen and oxygen atoms in total. The third-order valence-electron chi connectivity index (χ3n) is 1.34. The van der Waals surface area contributed by atoms with Gasteiger partial charge in [-0.2, -0.15) is 0 Å². The van der Waals surface area contributed by atoms with Crippen molar-refractivity contribution < 1.29 is 36.2 Å². The lowest BCUT2D eigenvalue weighted by atomic mass is 10.3. The Balaban J connectivity index is 0. The van der Waals surface area contributed by atoms with Crippen molar-refractivity contribution in [2.75, 3.05) is 34.8 Å². The summed E-state index contributed by atoms with van der Waals surface area (Å²) in [5.74, 6) is -0.519. The van der Waals surface area contributed by atoms with Crippen LogP contribution in [0.1, 0.15) is 6.92 Å². The molecule has 0 N–H and O–H groups in total. The van der Waals surface area contributed by atoms with E-state index >= 15 is 0 Å². The highest BCUT2D eigenvalue weighted by Crippen LogP contribution is 2.06. The molecule has 0 fully saturated rings. The molecule has 0 spiro atoms. The molecule has 0 atom stereocenters. The molecule has 0 rings (SSSR count). The fourth-order valence-electron chi connectivity index (χ4n) is 0.859. The van der Waals surface area contributed by atoms with Gasteiger partial charge in [-0.3, -0.25) is 4.84 Å². The van der Waals surface area contributed by atoms with Gasteiger partial charge in [-0.05, 0) is 6.92 Å². The number of nitrogens with zero attached hydrogens (tertiary/aromatic N) is 3. The van der Waals surface area contributed by atoms with E-state index in [1.54, 1.807) is 16.4 Å². The summed E-state index contributed by atoms with van der Waals surface area (Å²) in [5.41, 5.74) is 0. The predicted molar refractivity (Wildman–Crippen MR) is 67.2 cm³/mol. The van der Waals surface area contributed by atoms with E-state index < -0.39 is 13.2 Å². The summed E-state index contributed by atoms with van der Waals surface area (Å²) < 4.78 is 45.4. The SMILES string of the molecule is CCOC(=O)C=NOC(N(C)C)=[N+](C)C.F[B-](F)(F)F. The van der Waals surface area contributed by atoms with Crippen LogP contribution in [0.25, 0.3) is 0 Å². The van der Waals surface area contributed by atoms with Gasteiger partial charge in [0, 0.05) is 0 Å². The minimum absolute atomic E-state index is 0.322. The maximum absolute atomic E-state index is 10.9. The Kier molecular flexibility index (Phi) is 10.3. The fourth-order valence-corrected chi connectivity index (χ4v) is 0.859. The highest BCUT2D eigenvalue weighted by Gasteiger charge is 2.20. The minimum Gasteiger partial charge on any atom is -0.462 e. The van der Waals surface area contributed by atoms with E-state index in [-0.39, 0.29) is 0 Å². The van der Waals surface area contributed by atoms with Crippen molar-refractivity contribution in [2.24, 2.45) is 5.16 Å². The highest BCUT2D eigenvalue weighted by atomic mass is 19.5. The third-order valence-corrected chi connectivity index (χ3v) is 1.34. The predicted octanol–water partition coefficient (Wildman–Crippen LogP) is 1.04. The van der Waals surface area contributed by atoms with Gasteiger partial charge >= 0.3 is 19.2 Å². The Bertz CT molecular complexity index is 349. The Morgan fingerprint density at radius 1 is 1.30 bits per heavy atom. The van der Waals surface area contributed by atoms with Crippen LogP contribution in [0.15, 0.2) is 5.16 Å². The molecule has 20 heavy (non-hydrogen) atoms. The van der Waals surface area contributed by atoms with Crippen LogP contribution < -0.4 is 0 Å². The van der Waals surface area contributed by atoms with E-state index in [0.29, 0.717) is 12.6 Å². The maximum atomic E-state index is 10.9. The second-order valence-corrected chi connectivity index (χ2v) is 3.64. The molecular formula is C9H18BF4N3O3. The standard InChI is InChI=1S/C9H18N3O3.BF4/c1-6-14-8(13)7-10-15-9(11(2)3)12(4)5;2-1(3,4)5/h7H,6H2,1-5H3;/q+1;-1. The smallest absolute Gasteiger partial charge is 0.462 e. The summed E-state index contributed by atoms with van der Waals surface area (Å²) in [6, 6.07) is 0.524. The van der Waals surface area contributed by atoms with Crippen molar-refractivity contribution in [2.45, 2.75) is 6.92 Å². The van der Waals surface area contributed by atoms with Crippen LogP contribution in [-0.4, -0.2) is 69.7 Å². The second kappa shape index (κ2) is 10.0. The quantitative estimate of drug-likeness (QED) is 0.149. The van der Waals surface area contributed by atoms with Gasteiger partial charge in [0.25, 0.3) is 0 Å². The van der Waals surface area contributed by atoms with Gasteiger partial charge in [-0.1, -0.05) is 5.16 Å². The Morgan fingerprint density at radius 2 is 1.75 bits per heavy atom. The van der Waals surface area contributed by atoms with Gasteiger partial charge in [0.05, 0.1) is 34.8 Å². The highest BCUT2D eigenvalue weighted by molar-refractivity contribution is 6.50. The first-order valence-electron chi connectivity index (χ1n) is 5.45. The van der Waals surface area contributed by atoms with E-state index in [1.165, 1.54) is 0 Å². The van der Waals surface area contributed by atoms with Crippen molar-refractivity contribution >= 4 is 25.5 Å². The zero-order valence-electron chi connectivity index (χ0n) is 11.9. The number of oxime groups is 1. The van der Waals surface area contributed by atoms with E-state index in [9.17, 15) is 22.1 Å². The van der Waals surface area contributed by atoms with Crippen LogP contribution in [0.5, 0.6) is 0 Å². The van der Waals surface area contributed by atoms with E-state index in [4.69, 9.17) is 4.84 Å². The maximum Gasteiger partial charge on any atom is 0.673 e. The van der Waals surface area contributed by atoms with Crippen LogP contribution in [0.2, 0.25) is 0 Å². The number of esters is 1. The monoisotopic (exact) mass is 303 g/mol. The Hall–Kier alpha value is -1.81. The van der Waals surface area contributed by atoms with Crippen molar-refractivity contribution in [3.63, 3.8) is 0 Å². The number of hydrogen-bond acceptors (Lipinski definition) is 4. The number of carbonyl (C=O) groups excluding carboxylic acids is 1. The van der Waals surface area contributed by atoms with Gasteiger partial charge in [0.1, 0.15) is 0 Å². The molecule has 11 heteroatoms. The first kappa shape index (κ1) is 20.5. The van der Waals surface area contributed by atoms with Crippen LogP contribution in [0.4, 0.5) is 17.3 Å². The molecule has 0 aliphatic carbocycles. The molecule has 0 saturated carbocycles. The molecule has 118 valence electrons. The summed E-state index contributed by atoms with van der Waals surface area (Å²) in [7, 11) is 1.26. The van der Waals surface area contributed by atoms with Crippen LogP contribution in [0, 0.1) is 0 Å². The van der Waals surface area contributed by atoms with Gasteiger partial charge in [0.2, 0.25) is 0 Å². The first-order valence-corrected chi connectivity index (χ1v) is 5.45. The summed E-state index contributed by atoms with van der Waals surface area (Å²) >= 11 is 0. The van der Waals surface area contributed by atoms with E-state index in [1.807, 2.05) is 28.2 Å². The normalized spacial score (nSPS) is 10.4. The third kappa shape index (κ3) is 16.2. The molecule has 0 unspecified atom stereocenters. The number of hydrogen-bond donors (Lipinski definition) is 0. The van der Waals surface area contributed by atoms with Crippen LogP contribution >= 0.6 is 0 Å². The number of rotatable bonds is 3. The van der Waals surface area contributed by atoms with Gasteiger partial charge in [-0.25, -0.2) is 14.3 Å². The average Bonchev–Trinajstić information content (AvgIpc) is 2.21. The van der Waals surface area contributed by atoms with Gasteiger partial charge < -0.3 is 22.0 Å². The number of carbonyl (C=O) groups is 1. The molecule has 0 aliphatic heterocycles. The van der Waals surface area contributed by atoms with Crippen molar-refractivity contribution in [3.8, 4) is 0 Å². The van der Waals surface area contributed by atoms with Crippen molar-refractivity contribution in [1.82, 2.24) is 4.90 Å². The average molecular weight is 303 g/mol. The lowest BCUT2D eigenvalue weighted by Gasteiger charge is -2.06. The first-order chi connectivity index (χ1) is 8.99. The molecule has 0 aromatic carbocycles. The molecule has 0 amide bonds. The second-order valence-electron chi connectivity index (χ2n) is 3.64. The lowest BCUT2D eigenvalue weighted by molar-refractivity contribution is -0.480. The minimum atomic E-state index is -6.00. The molecule has 0 radical (unpaired) electrons. The van der Waals surface area contributed by atoms with Crippen molar-refractivity contribution in [3.05, 3.63) is 0 Å². The molecular weight excluding hydrogens is 285 g/mol. The molecule has 0 aliphatic rings. The summed E-state index contributed by atoms with van der Waals surface area (Å²) in [4.78, 5) is 17.6. The zero-order valence-corrected chi connectivity index (χ0v) is 11.9.